The molecular formula is C30H30N2O5. The Bertz CT molecular complexity index is 1390. The van der Waals surface area contributed by atoms with Crippen LogP contribution in [0.3, 0.4) is 0 Å². The smallest absolute Gasteiger partial charge is 0.357 e. The predicted octanol–water partition coefficient (Wildman–Crippen LogP) is 6.27. The third kappa shape index (κ3) is 5.40. The van der Waals surface area contributed by atoms with E-state index in [4.69, 9.17) is 19.3 Å². The van der Waals surface area contributed by atoms with E-state index in [0.717, 1.165) is 29.5 Å². The minimum Gasteiger partial charge on any atom is -0.493 e. The predicted molar refractivity (Wildman–Crippen MR) is 142 cm³/mol. The van der Waals surface area contributed by atoms with Crippen LogP contribution in [0.2, 0.25) is 0 Å². The maximum Gasteiger partial charge on any atom is 0.357 e. The van der Waals surface area contributed by atoms with E-state index < -0.39 is 11.9 Å². The van der Waals surface area contributed by atoms with Gasteiger partial charge in [0.05, 0.1) is 26.5 Å². The van der Waals surface area contributed by atoms with Crippen LogP contribution in [0.25, 0.3) is 28.1 Å². The number of carbonyl (C=O) groups excluding carboxylic acids is 2. The number of carbonyl (C=O) groups is 2. The van der Waals surface area contributed by atoms with Crippen molar-refractivity contribution in [1.82, 2.24) is 9.78 Å². The molecule has 0 radical (unpaired) electrons. The third-order valence-corrected chi connectivity index (χ3v) is 6.03. The highest BCUT2D eigenvalue weighted by Gasteiger charge is 2.32. The molecule has 3 aromatic carbocycles. The van der Waals surface area contributed by atoms with Crippen molar-refractivity contribution in [3.8, 4) is 33.8 Å². The van der Waals surface area contributed by atoms with Gasteiger partial charge in [-0.2, -0.15) is 5.10 Å². The Kier molecular flexibility index (Phi) is 8.03. The second-order valence-electron chi connectivity index (χ2n) is 8.58. The van der Waals surface area contributed by atoms with E-state index in [1.807, 2.05) is 67.6 Å². The summed E-state index contributed by atoms with van der Waals surface area (Å²) in [5.74, 6) is -0.840. The summed E-state index contributed by atoms with van der Waals surface area (Å²) in [6.07, 6.45) is 1.84. The van der Waals surface area contributed by atoms with Gasteiger partial charge in [0.15, 0.2) is 5.69 Å². The Morgan fingerprint density at radius 3 is 2.19 bits per heavy atom. The Balaban J connectivity index is 2.00. The van der Waals surface area contributed by atoms with Crippen LogP contribution in [0.4, 0.5) is 0 Å². The Hall–Kier alpha value is -4.39. The molecule has 7 heteroatoms. The van der Waals surface area contributed by atoms with Crippen molar-refractivity contribution in [2.24, 2.45) is 0 Å². The molecule has 0 N–H and O–H groups in total. The van der Waals surface area contributed by atoms with Crippen LogP contribution in [-0.4, -0.2) is 42.5 Å². The summed E-state index contributed by atoms with van der Waals surface area (Å²) < 4.78 is 17.7. The molecule has 0 spiro atoms. The van der Waals surface area contributed by atoms with Crippen LogP contribution in [-0.2, 0) is 9.47 Å². The number of ether oxygens (including phenoxy) is 3. The summed E-state index contributed by atoms with van der Waals surface area (Å²) in [7, 11) is 2.54. The van der Waals surface area contributed by atoms with Gasteiger partial charge in [-0.15, -0.1) is 0 Å². The Labute approximate surface area is 216 Å². The van der Waals surface area contributed by atoms with Crippen LogP contribution in [0.15, 0.2) is 72.8 Å². The molecule has 37 heavy (non-hydrogen) atoms. The highest BCUT2D eigenvalue weighted by molar-refractivity contribution is 6.07. The average Bonchev–Trinajstić information content (AvgIpc) is 3.34. The first-order valence-corrected chi connectivity index (χ1v) is 12.2. The highest BCUT2D eigenvalue weighted by atomic mass is 16.5. The SMILES string of the molecule is CCCCOc1ccc(-c2ccc(C)cc2)cc1-c1nn(-c2ccccc2)c(C(=O)OC)c1C(=O)OC. The number of nitrogens with zero attached hydrogens (tertiary/aromatic N) is 2. The molecule has 0 saturated carbocycles. The Morgan fingerprint density at radius 2 is 1.54 bits per heavy atom. The number of benzene rings is 3. The van der Waals surface area contributed by atoms with Crippen LogP contribution >= 0.6 is 0 Å². The van der Waals surface area contributed by atoms with E-state index >= 15 is 0 Å². The van der Waals surface area contributed by atoms with Gasteiger partial charge in [-0.05, 0) is 48.7 Å². The fourth-order valence-corrected chi connectivity index (χ4v) is 4.04. The zero-order valence-electron chi connectivity index (χ0n) is 21.5. The van der Waals surface area contributed by atoms with Crippen molar-refractivity contribution in [3.05, 3.63) is 89.6 Å². The van der Waals surface area contributed by atoms with Crippen molar-refractivity contribution in [3.63, 3.8) is 0 Å². The maximum atomic E-state index is 13.1. The molecule has 0 atom stereocenters. The summed E-state index contributed by atoms with van der Waals surface area (Å²) in [5, 5.41) is 4.76. The fourth-order valence-electron chi connectivity index (χ4n) is 4.04. The third-order valence-electron chi connectivity index (χ3n) is 6.03. The van der Waals surface area contributed by atoms with Crippen molar-refractivity contribution in [1.29, 1.82) is 0 Å². The lowest BCUT2D eigenvalue weighted by atomic mass is 9.98. The monoisotopic (exact) mass is 498 g/mol. The largest absolute Gasteiger partial charge is 0.493 e. The van der Waals surface area contributed by atoms with Gasteiger partial charge < -0.3 is 14.2 Å². The van der Waals surface area contributed by atoms with Crippen molar-refractivity contribution >= 4 is 11.9 Å². The van der Waals surface area contributed by atoms with Gasteiger partial charge in [0.1, 0.15) is 17.0 Å². The molecule has 7 nitrogen and oxygen atoms in total. The minimum absolute atomic E-state index is 0.0135. The van der Waals surface area contributed by atoms with Crippen LogP contribution in [0.5, 0.6) is 5.75 Å². The molecule has 0 bridgehead atoms. The van der Waals surface area contributed by atoms with Crippen LogP contribution < -0.4 is 4.74 Å². The van der Waals surface area contributed by atoms with Gasteiger partial charge in [-0.1, -0.05) is 67.4 Å². The van der Waals surface area contributed by atoms with E-state index in [1.165, 1.54) is 18.9 Å². The zero-order chi connectivity index (χ0) is 26.4. The number of esters is 2. The number of hydrogen-bond acceptors (Lipinski definition) is 6. The summed E-state index contributed by atoms with van der Waals surface area (Å²) >= 11 is 0. The van der Waals surface area contributed by atoms with Crippen molar-refractivity contribution in [2.45, 2.75) is 26.7 Å². The van der Waals surface area contributed by atoms with Gasteiger partial charge in [0, 0.05) is 5.56 Å². The van der Waals surface area contributed by atoms with Gasteiger partial charge in [-0.3, -0.25) is 0 Å². The molecule has 0 fully saturated rings. The van der Waals surface area contributed by atoms with Crippen molar-refractivity contribution in [2.75, 3.05) is 20.8 Å². The van der Waals surface area contributed by atoms with Gasteiger partial charge >= 0.3 is 11.9 Å². The first-order chi connectivity index (χ1) is 18.0. The number of methoxy groups -OCH3 is 2. The summed E-state index contributed by atoms with van der Waals surface area (Å²) in [6.45, 7) is 4.63. The number of rotatable bonds is 9. The molecule has 1 aromatic heterocycles. The van der Waals surface area contributed by atoms with E-state index in [9.17, 15) is 9.59 Å². The number of hydrogen-bond donors (Lipinski definition) is 0. The van der Waals surface area contributed by atoms with Gasteiger partial charge in [0.25, 0.3) is 0 Å². The lowest BCUT2D eigenvalue weighted by Gasteiger charge is -2.13. The van der Waals surface area contributed by atoms with E-state index in [-0.39, 0.29) is 17.0 Å². The van der Waals surface area contributed by atoms with Gasteiger partial charge in [-0.25, -0.2) is 14.3 Å². The van der Waals surface area contributed by atoms with E-state index in [0.29, 0.717) is 23.6 Å². The molecule has 4 rings (SSSR count). The normalized spacial score (nSPS) is 10.7. The first kappa shape index (κ1) is 25.7. The second-order valence-corrected chi connectivity index (χ2v) is 8.58. The van der Waals surface area contributed by atoms with Gasteiger partial charge in [0.2, 0.25) is 0 Å². The fraction of sp³-hybridized carbons (Fsp3) is 0.233. The number of unbranched alkanes of at least 4 members (excludes halogenated alkanes) is 1. The minimum atomic E-state index is -0.703. The summed E-state index contributed by atoms with van der Waals surface area (Å²) in [5.41, 5.74) is 4.52. The maximum absolute atomic E-state index is 13.1. The van der Waals surface area contributed by atoms with E-state index in [2.05, 4.69) is 6.92 Å². The van der Waals surface area contributed by atoms with Crippen molar-refractivity contribution < 1.29 is 23.8 Å². The highest BCUT2D eigenvalue weighted by Crippen LogP contribution is 2.38. The lowest BCUT2D eigenvalue weighted by molar-refractivity contribution is 0.0549. The molecule has 0 aliphatic heterocycles. The van der Waals surface area contributed by atoms with E-state index in [1.54, 1.807) is 12.1 Å². The number of aryl methyl sites for hydroxylation is 1. The molecule has 0 aliphatic carbocycles. The second kappa shape index (κ2) is 11.6. The van der Waals surface area contributed by atoms with Crippen LogP contribution in [0, 0.1) is 6.92 Å². The molecule has 4 aromatic rings. The molecule has 190 valence electrons. The summed E-state index contributed by atoms with van der Waals surface area (Å²) in [6, 6.07) is 23.0. The average molecular weight is 499 g/mol. The number of aromatic nitrogens is 2. The topological polar surface area (TPSA) is 79.7 Å². The molecule has 0 unspecified atom stereocenters. The Morgan fingerprint density at radius 1 is 0.865 bits per heavy atom. The van der Waals surface area contributed by atoms with Crippen LogP contribution in [0.1, 0.15) is 46.2 Å². The standard InChI is InChI=1S/C30H30N2O5/c1-5-6-18-37-25-17-16-22(21-14-12-20(2)13-15-21)19-24(25)27-26(29(33)35-3)28(30(34)36-4)32(31-27)23-10-8-7-9-11-23/h7-17,19H,5-6,18H2,1-4H3. The molecule has 0 aliphatic rings. The zero-order valence-corrected chi connectivity index (χ0v) is 21.5. The molecule has 0 amide bonds. The molecule has 0 saturated heterocycles. The number of para-hydroxylation sites is 1. The lowest BCUT2D eigenvalue weighted by Crippen LogP contribution is -2.15. The molecular weight excluding hydrogens is 468 g/mol. The molecule has 1 heterocycles. The first-order valence-electron chi connectivity index (χ1n) is 12.2. The quantitative estimate of drug-likeness (QED) is 0.200. The summed E-state index contributed by atoms with van der Waals surface area (Å²) in [4.78, 5) is 26.1.